The van der Waals surface area contributed by atoms with Gasteiger partial charge in [0.1, 0.15) is 5.75 Å². The smallest absolute Gasteiger partial charge is 0.339 e. The van der Waals surface area contributed by atoms with E-state index in [9.17, 15) is 14.4 Å². The minimum atomic E-state index is -0.567. The molecule has 142 valence electrons. The van der Waals surface area contributed by atoms with Gasteiger partial charge in [0.15, 0.2) is 6.61 Å². The summed E-state index contributed by atoms with van der Waals surface area (Å²) in [5.41, 5.74) is 1.48. The summed E-state index contributed by atoms with van der Waals surface area (Å²) in [5.74, 6) is -0.848. The maximum atomic E-state index is 12.0. The van der Waals surface area contributed by atoms with Crippen LogP contribution in [0.1, 0.15) is 22.3 Å². The number of methoxy groups -OCH3 is 2. The molecule has 0 heterocycles. The molecule has 7 nitrogen and oxygen atoms in total. The molecule has 2 rings (SSSR count). The van der Waals surface area contributed by atoms with Crippen molar-refractivity contribution in [1.82, 2.24) is 0 Å². The van der Waals surface area contributed by atoms with Gasteiger partial charge in [0.25, 0.3) is 5.91 Å². The highest BCUT2D eigenvalue weighted by atomic mass is 16.5. The maximum absolute atomic E-state index is 12.0. The van der Waals surface area contributed by atoms with Crippen molar-refractivity contribution in [3.8, 4) is 5.75 Å². The fourth-order valence-electron chi connectivity index (χ4n) is 2.32. The van der Waals surface area contributed by atoms with Gasteiger partial charge >= 0.3 is 11.9 Å². The van der Waals surface area contributed by atoms with E-state index >= 15 is 0 Å². The number of carbonyl (C=O) groups excluding carboxylic acids is 3. The molecule has 0 aliphatic carbocycles. The van der Waals surface area contributed by atoms with Crippen LogP contribution in [0.4, 0.5) is 5.69 Å². The molecule has 1 amide bonds. The number of hydrogen-bond acceptors (Lipinski definition) is 6. The molecular weight excluding hydrogens is 350 g/mol. The van der Waals surface area contributed by atoms with Crippen molar-refractivity contribution in [1.29, 1.82) is 0 Å². The van der Waals surface area contributed by atoms with Gasteiger partial charge in [-0.25, -0.2) is 4.79 Å². The van der Waals surface area contributed by atoms with Crippen molar-refractivity contribution in [2.75, 3.05) is 26.1 Å². The first-order valence-electron chi connectivity index (χ1n) is 8.29. The second kappa shape index (κ2) is 9.96. The highest BCUT2D eigenvalue weighted by Crippen LogP contribution is 2.16. The molecule has 0 saturated heterocycles. The molecule has 2 aromatic rings. The first-order chi connectivity index (χ1) is 13.0. The zero-order chi connectivity index (χ0) is 19.6. The Morgan fingerprint density at radius 1 is 0.963 bits per heavy atom. The highest BCUT2D eigenvalue weighted by molar-refractivity contribution is 6.01. The van der Waals surface area contributed by atoms with Gasteiger partial charge in [-0.3, -0.25) is 9.59 Å². The summed E-state index contributed by atoms with van der Waals surface area (Å²) in [4.78, 5) is 35.5. The molecule has 0 fully saturated rings. The van der Waals surface area contributed by atoms with Crippen LogP contribution in [0.3, 0.4) is 0 Å². The molecule has 27 heavy (non-hydrogen) atoms. The number of ether oxygens (including phenoxy) is 3. The van der Waals surface area contributed by atoms with Crippen molar-refractivity contribution < 1.29 is 28.6 Å². The van der Waals surface area contributed by atoms with Crippen LogP contribution in [-0.4, -0.2) is 38.7 Å². The topological polar surface area (TPSA) is 90.9 Å². The maximum Gasteiger partial charge on any atom is 0.339 e. The molecule has 0 aliphatic rings. The van der Waals surface area contributed by atoms with Crippen LogP contribution in [0.25, 0.3) is 0 Å². The summed E-state index contributed by atoms with van der Waals surface area (Å²) in [6.45, 7) is -0.434. The summed E-state index contributed by atoms with van der Waals surface area (Å²) in [7, 11) is 2.84. The molecule has 0 unspecified atom stereocenters. The number of benzene rings is 2. The second-order valence-corrected chi connectivity index (χ2v) is 5.59. The van der Waals surface area contributed by atoms with Crippen molar-refractivity contribution in [3.63, 3.8) is 0 Å². The van der Waals surface area contributed by atoms with Gasteiger partial charge in [-0.2, -0.15) is 0 Å². The van der Waals surface area contributed by atoms with Gasteiger partial charge in [0.2, 0.25) is 0 Å². The first kappa shape index (κ1) is 20.0. The van der Waals surface area contributed by atoms with Crippen LogP contribution in [0.5, 0.6) is 5.75 Å². The molecule has 0 saturated carbocycles. The van der Waals surface area contributed by atoms with E-state index in [1.165, 1.54) is 13.2 Å². The second-order valence-electron chi connectivity index (χ2n) is 5.59. The quantitative estimate of drug-likeness (QED) is 0.717. The molecular formula is C20H21NO6. The molecule has 2 aromatic carbocycles. The lowest BCUT2D eigenvalue weighted by Gasteiger charge is -2.10. The summed E-state index contributed by atoms with van der Waals surface area (Å²) in [6.07, 6.45) is 0.647. The number of esters is 2. The number of anilines is 1. The number of aryl methyl sites for hydroxylation is 1. The van der Waals surface area contributed by atoms with Gasteiger partial charge in [-0.15, -0.1) is 0 Å². The summed E-state index contributed by atoms with van der Waals surface area (Å²) in [6, 6.07) is 13.8. The lowest BCUT2D eigenvalue weighted by molar-refractivity contribution is -0.147. The summed E-state index contributed by atoms with van der Waals surface area (Å²) in [5, 5.41) is 2.54. The third-order valence-corrected chi connectivity index (χ3v) is 3.75. The van der Waals surface area contributed by atoms with E-state index in [4.69, 9.17) is 9.47 Å². The van der Waals surface area contributed by atoms with E-state index in [0.717, 1.165) is 11.3 Å². The van der Waals surface area contributed by atoms with Gasteiger partial charge in [0.05, 0.1) is 25.5 Å². The highest BCUT2D eigenvalue weighted by Gasteiger charge is 2.14. The molecule has 0 bridgehead atoms. The molecule has 0 spiro atoms. The van der Waals surface area contributed by atoms with E-state index < -0.39 is 24.5 Å². The van der Waals surface area contributed by atoms with E-state index in [-0.39, 0.29) is 12.0 Å². The monoisotopic (exact) mass is 371 g/mol. The standard InChI is InChI=1S/C20H21NO6/c1-25-15-10-7-14(8-11-15)9-12-19(23)27-13-18(22)21-17-6-4-3-5-16(17)20(24)26-2/h3-8,10-11H,9,12-13H2,1-2H3,(H,21,22). The third kappa shape index (κ3) is 6.14. The number of hydrogen-bond donors (Lipinski definition) is 1. The Labute approximate surface area is 157 Å². The SMILES string of the molecule is COC(=O)c1ccccc1NC(=O)COC(=O)CCc1ccc(OC)cc1. The molecule has 0 atom stereocenters. The number of amides is 1. The van der Waals surface area contributed by atoms with Crippen molar-refractivity contribution in [2.24, 2.45) is 0 Å². The number of nitrogens with one attached hydrogen (secondary N) is 1. The molecule has 0 aromatic heterocycles. The first-order valence-corrected chi connectivity index (χ1v) is 8.29. The van der Waals surface area contributed by atoms with Gasteiger partial charge in [-0.05, 0) is 36.2 Å². The number of carbonyl (C=O) groups is 3. The van der Waals surface area contributed by atoms with Gasteiger partial charge < -0.3 is 19.5 Å². The van der Waals surface area contributed by atoms with Gasteiger partial charge in [0, 0.05) is 6.42 Å². The van der Waals surface area contributed by atoms with E-state index in [2.05, 4.69) is 10.1 Å². The lowest BCUT2D eigenvalue weighted by Crippen LogP contribution is -2.22. The molecule has 0 radical (unpaired) electrons. The predicted molar refractivity (Wildman–Crippen MR) is 98.7 cm³/mol. The van der Waals surface area contributed by atoms with Crippen LogP contribution in [0.15, 0.2) is 48.5 Å². The fraction of sp³-hybridized carbons (Fsp3) is 0.250. The molecule has 0 aliphatic heterocycles. The summed E-state index contributed by atoms with van der Waals surface area (Å²) >= 11 is 0. The summed E-state index contributed by atoms with van der Waals surface area (Å²) < 4.78 is 14.7. The molecule has 7 heteroatoms. The largest absolute Gasteiger partial charge is 0.497 e. The van der Waals surface area contributed by atoms with Crippen LogP contribution >= 0.6 is 0 Å². The molecule has 1 N–H and O–H groups in total. The van der Waals surface area contributed by atoms with E-state index in [1.54, 1.807) is 25.3 Å². The third-order valence-electron chi connectivity index (χ3n) is 3.75. The average molecular weight is 371 g/mol. The van der Waals surface area contributed by atoms with Crippen LogP contribution in [0, 0.1) is 0 Å². The minimum absolute atomic E-state index is 0.151. The van der Waals surface area contributed by atoms with E-state index in [1.807, 2.05) is 24.3 Å². The Morgan fingerprint density at radius 3 is 2.33 bits per heavy atom. The Hall–Kier alpha value is -3.35. The fourth-order valence-corrected chi connectivity index (χ4v) is 2.32. The average Bonchev–Trinajstić information content (AvgIpc) is 2.71. The Kier molecular flexibility index (Phi) is 7.37. The van der Waals surface area contributed by atoms with Crippen LogP contribution in [0.2, 0.25) is 0 Å². The lowest BCUT2D eigenvalue weighted by atomic mass is 10.1. The zero-order valence-corrected chi connectivity index (χ0v) is 15.2. The Bertz CT molecular complexity index is 800. The van der Waals surface area contributed by atoms with Crippen molar-refractivity contribution >= 4 is 23.5 Å². The van der Waals surface area contributed by atoms with Crippen LogP contribution < -0.4 is 10.1 Å². The van der Waals surface area contributed by atoms with Crippen LogP contribution in [-0.2, 0) is 25.5 Å². The Morgan fingerprint density at radius 2 is 1.67 bits per heavy atom. The predicted octanol–water partition coefficient (Wildman–Crippen LogP) is 2.60. The normalized spacial score (nSPS) is 10.0. The minimum Gasteiger partial charge on any atom is -0.497 e. The number of rotatable bonds is 8. The van der Waals surface area contributed by atoms with E-state index in [0.29, 0.717) is 12.1 Å². The van der Waals surface area contributed by atoms with Crippen molar-refractivity contribution in [2.45, 2.75) is 12.8 Å². The Balaban J connectivity index is 1.79. The zero-order valence-electron chi connectivity index (χ0n) is 15.2. The van der Waals surface area contributed by atoms with Gasteiger partial charge in [-0.1, -0.05) is 24.3 Å². The number of para-hydroxylation sites is 1. The van der Waals surface area contributed by atoms with Crippen molar-refractivity contribution in [3.05, 3.63) is 59.7 Å².